The van der Waals surface area contributed by atoms with Crippen LogP contribution in [-0.2, 0) is 9.73 Å². The van der Waals surface area contributed by atoms with E-state index in [0.29, 0.717) is 0 Å². The summed E-state index contributed by atoms with van der Waals surface area (Å²) in [6.07, 6.45) is 1.16. The SMILES string of the molecule is CS(=N)(=O)c1cccc(F)c1C#N. The first-order valence-electron chi connectivity index (χ1n) is 3.39. The first-order chi connectivity index (χ1) is 5.96. The summed E-state index contributed by atoms with van der Waals surface area (Å²) in [7, 11) is -3.03. The third-order valence-electron chi connectivity index (χ3n) is 1.51. The molecule has 1 rings (SSSR count). The lowest BCUT2D eigenvalue weighted by molar-refractivity contribution is 0.617. The van der Waals surface area contributed by atoms with E-state index in [2.05, 4.69) is 0 Å². The molecule has 1 aromatic rings. The van der Waals surface area contributed by atoms with Crippen LogP contribution < -0.4 is 0 Å². The average molecular weight is 198 g/mol. The third kappa shape index (κ3) is 1.84. The maximum atomic E-state index is 12.9. The van der Waals surface area contributed by atoms with Gasteiger partial charge in [-0.15, -0.1) is 0 Å². The molecule has 1 N–H and O–H groups in total. The number of hydrogen-bond donors (Lipinski definition) is 1. The summed E-state index contributed by atoms with van der Waals surface area (Å²) in [6.45, 7) is 0. The first kappa shape index (κ1) is 9.68. The van der Waals surface area contributed by atoms with Crippen molar-refractivity contribution in [2.75, 3.05) is 6.26 Å². The number of benzene rings is 1. The highest BCUT2D eigenvalue weighted by molar-refractivity contribution is 7.91. The number of hydrogen-bond acceptors (Lipinski definition) is 3. The minimum absolute atomic E-state index is 0.0463. The second kappa shape index (κ2) is 3.15. The summed E-state index contributed by atoms with van der Waals surface area (Å²) < 4.78 is 31.4. The van der Waals surface area contributed by atoms with Crippen LogP contribution in [0.4, 0.5) is 4.39 Å². The number of nitrogens with zero attached hydrogens (tertiary/aromatic N) is 1. The standard InChI is InChI=1S/C8H7FN2OS/c1-13(11,12)8-4-2-3-7(9)6(8)5-10/h2-4,11H,1H3. The van der Waals surface area contributed by atoms with Gasteiger partial charge in [0.1, 0.15) is 17.4 Å². The van der Waals surface area contributed by atoms with Crippen molar-refractivity contribution in [1.82, 2.24) is 0 Å². The third-order valence-corrected chi connectivity index (χ3v) is 2.69. The molecule has 13 heavy (non-hydrogen) atoms. The molecule has 0 amide bonds. The molecule has 0 aliphatic carbocycles. The second-order valence-corrected chi connectivity index (χ2v) is 4.70. The van der Waals surface area contributed by atoms with Crippen molar-refractivity contribution >= 4 is 9.73 Å². The minimum atomic E-state index is -3.03. The van der Waals surface area contributed by atoms with Gasteiger partial charge in [-0.3, -0.25) is 0 Å². The van der Waals surface area contributed by atoms with Crippen molar-refractivity contribution in [2.24, 2.45) is 0 Å². The molecule has 1 aromatic carbocycles. The van der Waals surface area contributed by atoms with Gasteiger partial charge in [-0.2, -0.15) is 5.26 Å². The van der Waals surface area contributed by atoms with Gasteiger partial charge in [0.25, 0.3) is 0 Å². The van der Waals surface area contributed by atoms with Crippen molar-refractivity contribution in [2.45, 2.75) is 4.90 Å². The topological polar surface area (TPSA) is 64.7 Å². The number of rotatable bonds is 1. The van der Waals surface area contributed by atoms with E-state index in [0.717, 1.165) is 12.3 Å². The van der Waals surface area contributed by atoms with E-state index in [1.165, 1.54) is 12.1 Å². The highest BCUT2D eigenvalue weighted by Gasteiger charge is 2.13. The second-order valence-electron chi connectivity index (χ2n) is 2.57. The predicted octanol–water partition coefficient (Wildman–Crippen LogP) is 1.73. The van der Waals surface area contributed by atoms with Crippen molar-refractivity contribution in [1.29, 1.82) is 10.0 Å². The smallest absolute Gasteiger partial charge is 0.142 e. The lowest BCUT2D eigenvalue weighted by Gasteiger charge is -2.03. The molecule has 0 fully saturated rings. The van der Waals surface area contributed by atoms with Gasteiger partial charge < -0.3 is 0 Å². The van der Waals surface area contributed by atoms with E-state index in [1.807, 2.05) is 0 Å². The van der Waals surface area contributed by atoms with Crippen LogP contribution in [0.3, 0.4) is 0 Å². The average Bonchev–Trinajstić information content (AvgIpc) is 2.02. The maximum Gasteiger partial charge on any atom is 0.142 e. The monoisotopic (exact) mass is 198 g/mol. The molecule has 0 spiro atoms. The summed E-state index contributed by atoms with van der Waals surface area (Å²) in [4.78, 5) is -0.0463. The molecule has 3 nitrogen and oxygen atoms in total. The van der Waals surface area contributed by atoms with Gasteiger partial charge in [0.2, 0.25) is 0 Å². The summed E-state index contributed by atoms with van der Waals surface area (Å²) in [5.74, 6) is -0.734. The highest BCUT2D eigenvalue weighted by atomic mass is 32.2. The van der Waals surface area contributed by atoms with E-state index in [4.69, 9.17) is 10.0 Å². The van der Waals surface area contributed by atoms with Gasteiger partial charge in [0, 0.05) is 6.26 Å². The van der Waals surface area contributed by atoms with Crippen LogP contribution in [-0.4, -0.2) is 10.5 Å². The Morgan fingerprint density at radius 2 is 2.23 bits per heavy atom. The largest absolute Gasteiger partial charge is 0.249 e. The molecule has 1 unspecified atom stereocenters. The maximum absolute atomic E-state index is 12.9. The van der Waals surface area contributed by atoms with E-state index in [-0.39, 0.29) is 10.5 Å². The van der Waals surface area contributed by atoms with Crippen LogP contribution in [0.5, 0.6) is 0 Å². The Kier molecular flexibility index (Phi) is 2.34. The molecule has 0 aliphatic rings. The van der Waals surface area contributed by atoms with Gasteiger partial charge in [-0.1, -0.05) is 6.07 Å². The van der Waals surface area contributed by atoms with Crippen molar-refractivity contribution in [3.63, 3.8) is 0 Å². The molecular weight excluding hydrogens is 191 g/mol. The van der Waals surface area contributed by atoms with Crippen LogP contribution in [0, 0.1) is 21.9 Å². The van der Waals surface area contributed by atoms with E-state index < -0.39 is 15.5 Å². The molecule has 0 aliphatic heterocycles. The zero-order valence-electron chi connectivity index (χ0n) is 6.87. The van der Waals surface area contributed by atoms with Crippen molar-refractivity contribution < 1.29 is 8.60 Å². The van der Waals surface area contributed by atoms with Gasteiger partial charge in [0.05, 0.1) is 14.6 Å². The number of nitriles is 1. The van der Waals surface area contributed by atoms with Gasteiger partial charge in [0.15, 0.2) is 0 Å². The summed E-state index contributed by atoms with van der Waals surface area (Å²) >= 11 is 0. The van der Waals surface area contributed by atoms with E-state index >= 15 is 0 Å². The molecule has 0 saturated heterocycles. The Morgan fingerprint density at radius 3 is 2.62 bits per heavy atom. The minimum Gasteiger partial charge on any atom is -0.249 e. The van der Waals surface area contributed by atoms with Crippen LogP contribution >= 0.6 is 0 Å². The predicted molar refractivity (Wildman–Crippen MR) is 46.2 cm³/mol. The fourth-order valence-corrected chi connectivity index (χ4v) is 1.81. The van der Waals surface area contributed by atoms with E-state index in [1.54, 1.807) is 6.07 Å². The lowest BCUT2D eigenvalue weighted by Crippen LogP contribution is -2.00. The zero-order chi connectivity index (χ0) is 10.1. The Bertz CT molecular complexity index is 473. The molecule has 0 saturated carbocycles. The number of nitrogens with one attached hydrogen (secondary N) is 1. The van der Waals surface area contributed by atoms with Crippen LogP contribution in [0.25, 0.3) is 0 Å². The quantitative estimate of drug-likeness (QED) is 0.746. The van der Waals surface area contributed by atoms with Crippen LogP contribution in [0.1, 0.15) is 5.56 Å². The van der Waals surface area contributed by atoms with Gasteiger partial charge in [-0.25, -0.2) is 13.4 Å². The Labute approximate surface area is 75.8 Å². The molecule has 5 heteroatoms. The number of halogens is 1. The van der Waals surface area contributed by atoms with Crippen molar-refractivity contribution in [3.05, 3.63) is 29.6 Å². The van der Waals surface area contributed by atoms with Crippen molar-refractivity contribution in [3.8, 4) is 6.07 Å². The summed E-state index contributed by atoms with van der Waals surface area (Å²) in [5, 5.41) is 8.56. The van der Waals surface area contributed by atoms with Crippen LogP contribution in [0.15, 0.2) is 23.1 Å². The Balaban J connectivity index is 3.59. The molecule has 0 heterocycles. The van der Waals surface area contributed by atoms with Gasteiger partial charge >= 0.3 is 0 Å². The normalized spacial score (nSPS) is 14.5. The molecule has 0 bridgehead atoms. The van der Waals surface area contributed by atoms with E-state index in [9.17, 15) is 8.60 Å². The summed E-state index contributed by atoms with van der Waals surface area (Å²) in [5.41, 5.74) is -0.301. The fraction of sp³-hybridized carbons (Fsp3) is 0.125. The molecule has 0 radical (unpaired) electrons. The Hall–Kier alpha value is -1.41. The fourth-order valence-electron chi connectivity index (χ4n) is 0.937. The van der Waals surface area contributed by atoms with Gasteiger partial charge in [-0.05, 0) is 12.1 Å². The first-order valence-corrected chi connectivity index (χ1v) is 5.36. The molecule has 0 aromatic heterocycles. The van der Waals surface area contributed by atoms with Crippen LogP contribution in [0.2, 0.25) is 0 Å². The highest BCUT2D eigenvalue weighted by Crippen LogP contribution is 2.17. The Morgan fingerprint density at radius 1 is 1.62 bits per heavy atom. The summed E-state index contributed by atoms with van der Waals surface area (Å²) in [6, 6.07) is 5.37. The molecular formula is C8H7FN2OS. The lowest BCUT2D eigenvalue weighted by atomic mass is 10.2. The molecule has 68 valence electrons. The molecule has 1 atom stereocenters. The zero-order valence-corrected chi connectivity index (χ0v) is 7.69.